The number of hydrogen-bond donors (Lipinski definition) is 2. The molecule has 0 aliphatic heterocycles. The van der Waals surface area contributed by atoms with E-state index in [-0.39, 0.29) is 24.4 Å². The summed E-state index contributed by atoms with van der Waals surface area (Å²) in [6, 6.07) is 7.89. The third-order valence-corrected chi connectivity index (χ3v) is 6.20. The molecule has 1 fully saturated rings. The number of thioether (sulfide) groups is 1. The summed E-state index contributed by atoms with van der Waals surface area (Å²) < 4.78 is 0. The molecule has 1 aliphatic carbocycles. The Hall–Kier alpha value is -1.53. The third-order valence-electron chi connectivity index (χ3n) is 5.40. The van der Waals surface area contributed by atoms with Crippen LogP contribution in [-0.4, -0.2) is 55.7 Å². The molecular formula is C20H32N3O2S+. The van der Waals surface area contributed by atoms with Crippen LogP contribution in [0.1, 0.15) is 39.0 Å². The van der Waals surface area contributed by atoms with Crippen molar-refractivity contribution in [3.8, 4) is 0 Å². The van der Waals surface area contributed by atoms with Crippen molar-refractivity contribution in [3.63, 3.8) is 0 Å². The van der Waals surface area contributed by atoms with Gasteiger partial charge in [-0.3, -0.25) is 9.59 Å². The van der Waals surface area contributed by atoms with Gasteiger partial charge < -0.3 is 15.1 Å². The summed E-state index contributed by atoms with van der Waals surface area (Å²) in [4.78, 5) is 29.1. The molecule has 1 unspecified atom stereocenters. The van der Waals surface area contributed by atoms with E-state index in [1.54, 1.807) is 11.8 Å². The zero-order valence-corrected chi connectivity index (χ0v) is 17.2. The molecule has 2 atom stereocenters. The number of amides is 2. The highest BCUT2D eigenvalue weighted by molar-refractivity contribution is 7.98. The number of quaternary nitrogens is 1. The first-order valence-electron chi connectivity index (χ1n) is 9.46. The van der Waals surface area contributed by atoms with Crippen LogP contribution < -0.4 is 10.2 Å². The molecule has 26 heavy (non-hydrogen) atoms. The molecule has 6 heteroatoms. The fraction of sp³-hybridized carbons (Fsp3) is 0.600. The van der Waals surface area contributed by atoms with E-state index in [0.29, 0.717) is 6.04 Å². The van der Waals surface area contributed by atoms with E-state index in [1.807, 2.05) is 56.4 Å². The monoisotopic (exact) mass is 378 g/mol. The molecule has 0 saturated heterocycles. The van der Waals surface area contributed by atoms with Gasteiger partial charge in [0.25, 0.3) is 11.8 Å². The van der Waals surface area contributed by atoms with Crippen LogP contribution in [0.25, 0.3) is 0 Å². The highest BCUT2D eigenvalue weighted by atomic mass is 32.2. The number of hydrogen-bond acceptors (Lipinski definition) is 3. The van der Waals surface area contributed by atoms with Crippen molar-refractivity contribution in [1.29, 1.82) is 0 Å². The first kappa shape index (κ1) is 20.8. The predicted octanol–water partition coefficient (Wildman–Crippen LogP) is 2.04. The zero-order valence-electron chi connectivity index (χ0n) is 16.4. The van der Waals surface area contributed by atoms with Crippen LogP contribution in [0.4, 0.5) is 5.69 Å². The standard InChI is InChI=1S/C20H31N3O2S/c1-15(20(25)23(3)16-10-6-5-7-11-16)22(2)14-19(24)21-17-12-8-9-13-18(17)26-4/h8-9,12-13,15-16H,5-7,10-11,14H2,1-4H3,(H,21,24)/p+1/t15-/m0/s1. The van der Waals surface area contributed by atoms with E-state index < -0.39 is 0 Å². The van der Waals surface area contributed by atoms with E-state index in [4.69, 9.17) is 0 Å². The van der Waals surface area contributed by atoms with E-state index in [9.17, 15) is 9.59 Å². The van der Waals surface area contributed by atoms with Gasteiger partial charge in [-0.25, -0.2) is 0 Å². The Morgan fingerprint density at radius 2 is 1.92 bits per heavy atom. The molecular weight excluding hydrogens is 346 g/mol. The van der Waals surface area contributed by atoms with Gasteiger partial charge in [0.15, 0.2) is 12.6 Å². The minimum Gasteiger partial charge on any atom is -0.338 e. The smallest absolute Gasteiger partial charge is 0.280 e. The first-order valence-corrected chi connectivity index (χ1v) is 10.7. The number of carbonyl (C=O) groups excluding carboxylic acids is 2. The Balaban J connectivity index is 1.89. The number of nitrogens with zero attached hydrogens (tertiary/aromatic N) is 1. The van der Waals surface area contributed by atoms with E-state index in [0.717, 1.165) is 28.3 Å². The average molecular weight is 379 g/mol. The summed E-state index contributed by atoms with van der Waals surface area (Å²) in [6.07, 6.45) is 7.87. The van der Waals surface area contributed by atoms with E-state index >= 15 is 0 Å². The SMILES string of the molecule is CSc1ccccc1NC(=O)C[NH+](C)[C@@H](C)C(=O)N(C)C1CCCCC1. The Kier molecular flexibility index (Phi) is 7.97. The molecule has 1 aromatic rings. The van der Waals surface area contributed by atoms with Gasteiger partial charge in [0.1, 0.15) is 0 Å². The normalized spacial score (nSPS) is 17.4. The van der Waals surface area contributed by atoms with Crippen LogP contribution in [0.2, 0.25) is 0 Å². The Morgan fingerprint density at radius 1 is 1.27 bits per heavy atom. The Morgan fingerprint density at radius 3 is 2.58 bits per heavy atom. The first-order chi connectivity index (χ1) is 12.4. The van der Waals surface area contributed by atoms with Gasteiger partial charge in [0.05, 0.1) is 12.7 Å². The van der Waals surface area contributed by atoms with Crippen molar-refractivity contribution in [3.05, 3.63) is 24.3 Å². The molecule has 144 valence electrons. The van der Waals surface area contributed by atoms with Crippen molar-refractivity contribution < 1.29 is 14.5 Å². The van der Waals surface area contributed by atoms with Crippen molar-refractivity contribution in [1.82, 2.24) is 4.90 Å². The number of para-hydroxylation sites is 1. The number of anilines is 1. The van der Waals surface area contributed by atoms with Gasteiger partial charge >= 0.3 is 0 Å². The topological polar surface area (TPSA) is 53.9 Å². The second-order valence-electron chi connectivity index (χ2n) is 7.23. The average Bonchev–Trinajstić information content (AvgIpc) is 2.67. The molecule has 5 nitrogen and oxygen atoms in total. The fourth-order valence-electron chi connectivity index (χ4n) is 3.51. The molecule has 0 spiro atoms. The zero-order chi connectivity index (χ0) is 19.1. The van der Waals surface area contributed by atoms with Crippen LogP contribution in [0.15, 0.2) is 29.2 Å². The number of rotatable bonds is 7. The molecule has 0 heterocycles. The molecule has 0 radical (unpaired) electrons. The maximum Gasteiger partial charge on any atom is 0.280 e. The van der Waals surface area contributed by atoms with Crippen molar-refractivity contribution >= 4 is 29.3 Å². The van der Waals surface area contributed by atoms with Crippen molar-refractivity contribution in [2.24, 2.45) is 0 Å². The third kappa shape index (κ3) is 5.48. The second-order valence-corrected chi connectivity index (χ2v) is 8.08. The van der Waals surface area contributed by atoms with Crippen LogP contribution in [-0.2, 0) is 9.59 Å². The van der Waals surface area contributed by atoms with Crippen molar-refractivity contribution in [2.45, 2.75) is 56.0 Å². The lowest BCUT2D eigenvalue weighted by atomic mass is 9.94. The number of likely N-dealkylation sites (N-methyl/N-ethyl adjacent to an activating group) is 2. The molecule has 1 aromatic carbocycles. The molecule has 2 rings (SSSR count). The number of nitrogens with one attached hydrogen (secondary N) is 2. The summed E-state index contributed by atoms with van der Waals surface area (Å²) in [7, 11) is 3.83. The number of carbonyl (C=O) groups is 2. The van der Waals surface area contributed by atoms with Crippen LogP contribution in [0, 0.1) is 0 Å². The van der Waals surface area contributed by atoms with Gasteiger partial charge in [0.2, 0.25) is 0 Å². The fourth-order valence-corrected chi connectivity index (χ4v) is 4.07. The Bertz CT molecular complexity index is 617. The molecule has 0 aromatic heterocycles. The molecule has 2 amide bonds. The summed E-state index contributed by atoms with van der Waals surface area (Å²) in [6.45, 7) is 2.19. The molecule has 2 N–H and O–H groups in total. The lowest BCUT2D eigenvalue weighted by molar-refractivity contribution is -0.886. The summed E-state index contributed by atoms with van der Waals surface area (Å²) >= 11 is 1.60. The van der Waals surface area contributed by atoms with E-state index in [2.05, 4.69) is 5.32 Å². The highest BCUT2D eigenvalue weighted by Crippen LogP contribution is 2.24. The second kappa shape index (κ2) is 9.97. The van der Waals surface area contributed by atoms with Crippen LogP contribution in [0.3, 0.4) is 0 Å². The van der Waals surface area contributed by atoms with Gasteiger partial charge in [-0.1, -0.05) is 31.4 Å². The lowest BCUT2D eigenvalue weighted by Crippen LogP contribution is -3.15. The quantitative estimate of drug-likeness (QED) is 0.714. The summed E-state index contributed by atoms with van der Waals surface area (Å²) in [5.41, 5.74) is 0.830. The largest absolute Gasteiger partial charge is 0.338 e. The van der Waals surface area contributed by atoms with Gasteiger partial charge in [-0.15, -0.1) is 11.8 Å². The minimum absolute atomic E-state index is 0.0658. The lowest BCUT2D eigenvalue weighted by Gasteiger charge is -2.33. The van der Waals surface area contributed by atoms with Gasteiger partial charge in [-0.05, 0) is 38.2 Å². The maximum atomic E-state index is 12.8. The molecule has 0 bridgehead atoms. The van der Waals surface area contributed by atoms with Gasteiger partial charge in [0, 0.05) is 18.0 Å². The minimum atomic E-state index is -0.233. The maximum absolute atomic E-state index is 12.8. The predicted molar refractivity (Wildman–Crippen MR) is 108 cm³/mol. The summed E-state index contributed by atoms with van der Waals surface area (Å²) in [5, 5.41) is 2.97. The summed E-state index contributed by atoms with van der Waals surface area (Å²) in [5.74, 6) is 0.0654. The molecule has 1 saturated carbocycles. The van der Waals surface area contributed by atoms with Crippen LogP contribution in [0.5, 0.6) is 0 Å². The number of benzene rings is 1. The highest BCUT2D eigenvalue weighted by Gasteiger charge is 2.30. The Labute approximate surface area is 161 Å². The molecule has 1 aliphatic rings. The van der Waals surface area contributed by atoms with E-state index in [1.165, 1.54) is 19.3 Å². The van der Waals surface area contributed by atoms with Gasteiger partial charge in [-0.2, -0.15) is 0 Å². The van der Waals surface area contributed by atoms with Crippen LogP contribution >= 0.6 is 11.8 Å². The van der Waals surface area contributed by atoms with Crippen molar-refractivity contribution in [2.75, 3.05) is 32.2 Å².